The molecule has 0 bridgehead atoms. The third-order valence-electron chi connectivity index (χ3n) is 4.98. The van der Waals surface area contributed by atoms with E-state index in [2.05, 4.69) is 22.1 Å². The molecular weight excluding hydrogens is 304 g/mol. The summed E-state index contributed by atoms with van der Waals surface area (Å²) in [6.45, 7) is 7.40. The van der Waals surface area contributed by atoms with E-state index >= 15 is 0 Å². The van der Waals surface area contributed by atoms with Gasteiger partial charge in [0, 0.05) is 32.4 Å². The van der Waals surface area contributed by atoms with Gasteiger partial charge in [0.2, 0.25) is 5.91 Å². The van der Waals surface area contributed by atoms with Gasteiger partial charge in [-0.15, -0.1) is 5.10 Å². The molecule has 1 aromatic rings. The van der Waals surface area contributed by atoms with Crippen LogP contribution in [0.2, 0.25) is 0 Å². The van der Waals surface area contributed by atoms with Crippen LogP contribution < -0.4 is 5.73 Å². The Hall–Kier alpha value is -1.47. The fraction of sp³-hybridized carbons (Fsp3) is 0.824. The number of nitrogens with zero attached hydrogens (tertiary/aromatic N) is 5. The zero-order valence-corrected chi connectivity index (χ0v) is 15.5. The second-order valence-electron chi connectivity index (χ2n) is 7.35. The van der Waals surface area contributed by atoms with Gasteiger partial charge in [-0.1, -0.05) is 25.5 Å². The van der Waals surface area contributed by atoms with Crippen molar-refractivity contribution >= 4 is 5.91 Å². The van der Waals surface area contributed by atoms with Crippen LogP contribution in [0, 0.1) is 11.8 Å². The highest BCUT2D eigenvalue weighted by Crippen LogP contribution is 2.20. The Morgan fingerprint density at radius 2 is 2.08 bits per heavy atom. The van der Waals surface area contributed by atoms with E-state index in [1.807, 2.05) is 36.8 Å². The van der Waals surface area contributed by atoms with Crippen molar-refractivity contribution in [2.75, 3.05) is 27.2 Å². The maximum Gasteiger partial charge on any atom is 0.239 e. The molecule has 2 N–H and O–H groups in total. The SMILES string of the molecule is CC[C@H](C)[C@H](N)C(=O)N1CCC(Cn2cc(CN(C)C)nn2)CC1. The molecule has 1 fully saturated rings. The number of likely N-dealkylation sites (tertiary alicyclic amines) is 1. The summed E-state index contributed by atoms with van der Waals surface area (Å²) in [5.74, 6) is 0.889. The van der Waals surface area contributed by atoms with Crippen LogP contribution in [0.15, 0.2) is 6.20 Å². The second-order valence-corrected chi connectivity index (χ2v) is 7.35. The minimum Gasteiger partial charge on any atom is -0.341 e. The molecule has 2 heterocycles. The Balaban J connectivity index is 1.80. The smallest absolute Gasteiger partial charge is 0.239 e. The third kappa shape index (κ3) is 5.01. The normalized spacial score (nSPS) is 18.8. The van der Waals surface area contributed by atoms with Crippen molar-refractivity contribution in [2.24, 2.45) is 17.6 Å². The predicted octanol–water partition coefficient (Wildman–Crippen LogP) is 0.952. The minimum absolute atomic E-state index is 0.108. The number of nitrogens with two attached hydrogens (primary N) is 1. The van der Waals surface area contributed by atoms with Crippen LogP contribution in [0.5, 0.6) is 0 Å². The summed E-state index contributed by atoms with van der Waals surface area (Å²) in [5.41, 5.74) is 7.08. The minimum atomic E-state index is -0.365. The summed E-state index contributed by atoms with van der Waals surface area (Å²) < 4.78 is 1.94. The van der Waals surface area contributed by atoms with Crippen LogP contribution >= 0.6 is 0 Å². The van der Waals surface area contributed by atoms with Gasteiger partial charge in [0.25, 0.3) is 0 Å². The molecule has 7 nitrogen and oxygen atoms in total. The van der Waals surface area contributed by atoms with E-state index in [1.54, 1.807) is 0 Å². The van der Waals surface area contributed by atoms with Gasteiger partial charge in [0.1, 0.15) is 0 Å². The molecule has 0 aliphatic carbocycles. The predicted molar refractivity (Wildman–Crippen MR) is 94.1 cm³/mol. The number of carbonyl (C=O) groups is 1. The van der Waals surface area contributed by atoms with Gasteiger partial charge in [-0.2, -0.15) is 0 Å². The van der Waals surface area contributed by atoms with Gasteiger partial charge < -0.3 is 15.5 Å². The number of hydrogen-bond donors (Lipinski definition) is 1. The van der Waals surface area contributed by atoms with Gasteiger partial charge in [-0.05, 0) is 38.8 Å². The average molecular weight is 336 g/mol. The molecule has 1 aliphatic heterocycles. The van der Waals surface area contributed by atoms with Crippen molar-refractivity contribution in [1.82, 2.24) is 24.8 Å². The molecule has 0 radical (unpaired) electrons. The van der Waals surface area contributed by atoms with Gasteiger partial charge in [0.05, 0.1) is 11.7 Å². The lowest BCUT2D eigenvalue weighted by atomic mass is 9.94. The van der Waals surface area contributed by atoms with E-state index in [-0.39, 0.29) is 17.9 Å². The molecule has 1 aliphatic rings. The highest BCUT2D eigenvalue weighted by atomic mass is 16.2. The average Bonchev–Trinajstić information content (AvgIpc) is 2.99. The Morgan fingerprint density at radius 1 is 1.42 bits per heavy atom. The van der Waals surface area contributed by atoms with Crippen molar-refractivity contribution < 1.29 is 4.79 Å². The van der Waals surface area contributed by atoms with Gasteiger partial charge in [-0.3, -0.25) is 9.48 Å². The summed E-state index contributed by atoms with van der Waals surface area (Å²) in [5, 5.41) is 8.43. The number of piperidine rings is 1. The lowest BCUT2D eigenvalue weighted by Gasteiger charge is -2.34. The highest BCUT2D eigenvalue weighted by Gasteiger charge is 2.28. The molecule has 0 saturated carbocycles. The fourth-order valence-corrected chi connectivity index (χ4v) is 3.13. The zero-order valence-electron chi connectivity index (χ0n) is 15.5. The van der Waals surface area contributed by atoms with Crippen LogP contribution in [-0.4, -0.2) is 63.9 Å². The topological polar surface area (TPSA) is 80.3 Å². The summed E-state index contributed by atoms with van der Waals surface area (Å²) in [4.78, 5) is 16.5. The molecular formula is C17H32N6O. The number of amides is 1. The van der Waals surface area contributed by atoms with Gasteiger partial charge >= 0.3 is 0 Å². The van der Waals surface area contributed by atoms with Gasteiger partial charge in [-0.25, -0.2) is 0 Å². The van der Waals surface area contributed by atoms with Crippen molar-refractivity contribution in [2.45, 2.75) is 52.2 Å². The van der Waals surface area contributed by atoms with E-state index in [4.69, 9.17) is 5.73 Å². The molecule has 0 unspecified atom stereocenters. The summed E-state index contributed by atoms with van der Waals surface area (Å²) in [6, 6.07) is -0.365. The largest absolute Gasteiger partial charge is 0.341 e. The molecule has 7 heteroatoms. The van der Waals surface area contributed by atoms with Gasteiger partial charge in [0.15, 0.2) is 0 Å². The highest BCUT2D eigenvalue weighted by molar-refractivity contribution is 5.82. The first kappa shape index (κ1) is 18.9. The zero-order chi connectivity index (χ0) is 17.7. The molecule has 2 atom stereocenters. The maximum atomic E-state index is 12.4. The Bertz CT molecular complexity index is 521. The lowest BCUT2D eigenvalue weighted by molar-refractivity contribution is -0.135. The van der Waals surface area contributed by atoms with Crippen molar-refractivity contribution in [3.63, 3.8) is 0 Å². The number of carbonyl (C=O) groups excluding carboxylic acids is 1. The van der Waals surface area contributed by atoms with Crippen LogP contribution in [0.1, 0.15) is 38.8 Å². The molecule has 0 aromatic carbocycles. The van der Waals surface area contributed by atoms with Crippen molar-refractivity contribution in [1.29, 1.82) is 0 Å². The van der Waals surface area contributed by atoms with E-state index in [1.165, 1.54) is 0 Å². The van der Waals surface area contributed by atoms with Crippen LogP contribution in [-0.2, 0) is 17.9 Å². The van der Waals surface area contributed by atoms with E-state index in [9.17, 15) is 4.79 Å². The summed E-state index contributed by atoms with van der Waals surface area (Å²) >= 11 is 0. The lowest BCUT2D eigenvalue weighted by Crippen LogP contribution is -2.49. The molecule has 1 amide bonds. The molecule has 1 saturated heterocycles. The van der Waals surface area contributed by atoms with Crippen LogP contribution in [0.3, 0.4) is 0 Å². The Kier molecular flexibility index (Phi) is 6.74. The molecule has 24 heavy (non-hydrogen) atoms. The first-order chi connectivity index (χ1) is 11.4. The van der Waals surface area contributed by atoms with E-state index in [0.29, 0.717) is 5.92 Å². The molecule has 0 spiro atoms. The molecule has 136 valence electrons. The number of rotatable bonds is 7. The van der Waals surface area contributed by atoms with E-state index in [0.717, 1.165) is 51.1 Å². The fourth-order valence-electron chi connectivity index (χ4n) is 3.13. The standard InChI is InChI=1S/C17H32N6O/c1-5-13(2)16(18)17(24)22-8-6-14(7-9-22)10-23-12-15(19-20-23)11-21(3)4/h12-14,16H,5-11,18H2,1-4H3/t13-,16-/m0/s1. The second kappa shape index (κ2) is 8.58. The summed E-state index contributed by atoms with van der Waals surface area (Å²) in [7, 11) is 4.05. The number of hydrogen-bond acceptors (Lipinski definition) is 5. The molecule has 2 rings (SSSR count). The Morgan fingerprint density at radius 3 is 2.67 bits per heavy atom. The van der Waals surface area contributed by atoms with Crippen molar-refractivity contribution in [3.8, 4) is 0 Å². The van der Waals surface area contributed by atoms with Crippen molar-refractivity contribution in [3.05, 3.63) is 11.9 Å². The van der Waals surface area contributed by atoms with Crippen LogP contribution in [0.4, 0.5) is 0 Å². The summed E-state index contributed by atoms with van der Waals surface area (Å²) in [6.07, 6.45) is 4.96. The monoisotopic (exact) mass is 336 g/mol. The Labute approximate surface area is 145 Å². The number of aromatic nitrogens is 3. The molecule has 1 aromatic heterocycles. The van der Waals surface area contributed by atoms with E-state index < -0.39 is 0 Å². The first-order valence-corrected chi connectivity index (χ1v) is 8.98. The van der Waals surface area contributed by atoms with Crippen LogP contribution in [0.25, 0.3) is 0 Å². The first-order valence-electron chi connectivity index (χ1n) is 8.98. The quantitative estimate of drug-likeness (QED) is 0.802. The maximum absolute atomic E-state index is 12.4. The third-order valence-corrected chi connectivity index (χ3v) is 4.98.